The van der Waals surface area contributed by atoms with E-state index in [0.717, 1.165) is 17.9 Å². The quantitative estimate of drug-likeness (QED) is 0.466. The maximum Gasteiger partial charge on any atom is 0.160 e. The molecule has 0 fully saturated rings. The smallest absolute Gasteiger partial charge is 0.160 e. The number of halogens is 2. The Morgan fingerprint density at radius 3 is 2.53 bits per heavy atom. The molecule has 0 saturated carbocycles. The highest BCUT2D eigenvalue weighted by atomic mass is 127. The lowest BCUT2D eigenvalue weighted by atomic mass is 10.1. The fraction of sp³-hybridized carbons (Fsp3) is 0.286. The van der Waals surface area contributed by atoms with Crippen LogP contribution in [0.2, 0.25) is 0 Å². The van der Waals surface area contributed by atoms with Crippen molar-refractivity contribution in [1.82, 2.24) is 0 Å². The molecule has 1 heterocycles. The molecule has 0 saturated heterocycles. The van der Waals surface area contributed by atoms with Crippen molar-refractivity contribution in [3.05, 3.63) is 43.7 Å². The van der Waals surface area contributed by atoms with E-state index >= 15 is 0 Å². The van der Waals surface area contributed by atoms with Gasteiger partial charge in [0.15, 0.2) is 11.5 Å². The van der Waals surface area contributed by atoms with E-state index in [-0.39, 0.29) is 0 Å². The van der Waals surface area contributed by atoms with Gasteiger partial charge in [0, 0.05) is 4.83 Å². The monoisotopic (exact) mass is 452 g/mol. The van der Waals surface area contributed by atoms with E-state index in [2.05, 4.69) is 56.0 Å². The SMILES string of the molecule is COc1ccc(CC(Br)c2csc(I)c2)cc1OC. The van der Waals surface area contributed by atoms with Crippen molar-refractivity contribution in [2.45, 2.75) is 11.2 Å². The average molecular weight is 453 g/mol. The first-order chi connectivity index (χ1) is 9.13. The maximum atomic E-state index is 5.33. The van der Waals surface area contributed by atoms with Crippen LogP contribution in [0.15, 0.2) is 29.6 Å². The van der Waals surface area contributed by atoms with E-state index in [1.54, 1.807) is 25.6 Å². The molecule has 0 N–H and O–H groups in total. The van der Waals surface area contributed by atoms with Gasteiger partial charge in [-0.05, 0) is 63.7 Å². The summed E-state index contributed by atoms with van der Waals surface area (Å²) < 4.78 is 11.9. The van der Waals surface area contributed by atoms with Crippen LogP contribution in [0.1, 0.15) is 16.0 Å². The maximum absolute atomic E-state index is 5.33. The Balaban J connectivity index is 2.14. The Morgan fingerprint density at radius 2 is 1.95 bits per heavy atom. The number of thiophene rings is 1. The predicted octanol–water partition coefficient (Wildman–Crippen LogP) is 5.05. The molecule has 102 valence electrons. The normalized spacial score (nSPS) is 12.2. The van der Waals surface area contributed by atoms with Crippen LogP contribution in [-0.2, 0) is 6.42 Å². The topological polar surface area (TPSA) is 18.5 Å². The van der Waals surface area contributed by atoms with Crippen LogP contribution in [0.4, 0.5) is 0 Å². The highest BCUT2D eigenvalue weighted by Crippen LogP contribution is 2.34. The van der Waals surface area contributed by atoms with E-state index in [9.17, 15) is 0 Å². The van der Waals surface area contributed by atoms with Crippen LogP contribution < -0.4 is 9.47 Å². The molecule has 1 atom stereocenters. The molecule has 0 aliphatic carbocycles. The van der Waals surface area contributed by atoms with Crippen molar-refractivity contribution in [2.75, 3.05) is 14.2 Å². The van der Waals surface area contributed by atoms with Crippen LogP contribution in [0.25, 0.3) is 0 Å². The number of hydrogen-bond acceptors (Lipinski definition) is 3. The van der Waals surface area contributed by atoms with Gasteiger partial charge in [-0.2, -0.15) is 0 Å². The fourth-order valence-electron chi connectivity index (χ4n) is 1.82. The van der Waals surface area contributed by atoms with Gasteiger partial charge in [0.2, 0.25) is 0 Å². The van der Waals surface area contributed by atoms with Gasteiger partial charge in [-0.25, -0.2) is 0 Å². The number of rotatable bonds is 5. The van der Waals surface area contributed by atoms with E-state index in [0.29, 0.717) is 4.83 Å². The van der Waals surface area contributed by atoms with Gasteiger partial charge in [-0.1, -0.05) is 22.0 Å². The summed E-state index contributed by atoms with van der Waals surface area (Å²) in [6.07, 6.45) is 0.924. The standard InChI is InChI=1S/C14H14BrIO2S/c1-17-12-4-3-9(6-13(12)18-2)5-11(15)10-7-14(16)19-8-10/h3-4,6-8,11H,5H2,1-2H3. The van der Waals surface area contributed by atoms with Crippen LogP contribution in [0.5, 0.6) is 11.5 Å². The van der Waals surface area contributed by atoms with Crippen LogP contribution in [0, 0.1) is 2.88 Å². The number of ether oxygens (including phenoxy) is 2. The Bertz CT molecular complexity index is 556. The molecule has 19 heavy (non-hydrogen) atoms. The Morgan fingerprint density at radius 1 is 1.21 bits per heavy atom. The number of alkyl halides is 1. The molecule has 1 unspecified atom stereocenters. The summed E-state index contributed by atoms with van der Waals surface area (Å²) in [5, 5.41) is 2.20. The lowest BCUT2D eigenvalue weighted by molar-refractivity contribution is 0.354. The highest BCUT2D eigenvalue weighted by Gasteiger charge is 2.12. The van der Waals surface area contributed by atoms with Crippen molar-refractivity contribution in [1.29, 1.82) is 0 Å². The Hall–Kier alpha value is -0.270. The molecule has 5 heteroatoms. The molecule has 1 aromatic heterocycles. The molecule has 0 spiro atoms. The molecule has 0 aliphatic rings. The van der Waals surface area contributed by atoms with Gasteiger partial charge in [0.25, 0.3) is 0 Å². The van der Waals surface area contributed by atoms with Crippen molar-refractivity contribution < 1.29 is 9.47 Å². The Kier molecular flexibility index (Phi) is 5.53. The molecule has 0 radical (unpaired) electrons. The molecular weight excluding hydrogens is 439 g/mol. The summed E-state index contributed by atoms with van der Waals surface area (Å²) in [5.74, 6) is 1.54. The first-order valence-electron chi connectivity index (χ1n) is 5.73. The third-order valence-corrected chi connectivity index (χ3v) is 5.47. The molecular formula is C14H14BrIO2S. The summed E-state index contributed by atoms with van der Waals surface area (Å²) in [5.41, 5.74) is 2.55. The molecule has 0 bridgehead atoms. The lowest BCUT2D eigenvalue weighted by Crippen LogP contribution is -1.96. The van der Waals surface area contributed by atoms with Gasteiger partial charge in [0.05, 0.1) is 17.1 Å². The van der Waals surface area contributed by atoms with Gasteiger partial charge in [-0.3, -0.25) is 0 Å². The molecule has 1 aromatic carbocycles. The van der Waals surface area contributed by atoms with Gasteiger partial charge >= 0.3 is 0 Å². The van der Waals surface area contributed by atoms with Crippen LogP contribution >= 0.6 is 49.9 Å². The first-order valence-corrected chi connectivity index (χ1v) is 8.60. The summed E-state index contributed by atoms with van der Waals surface area (Å²) in [6.45, 7) is 0. The second-order valence-electron chi connectivity index (χ2n) is 4.05. The lowest BCUT2D eigenvalue weighted by Gasteiger charge is -2.12. The second kappa shape index (κ2) is 6.95. The van der Waals surface area contributed by atoms with E-state index < -0.39 is 0 Å². The minimum absolute atomic E-state index is 0.324. The molecule has 2 aromatic rings. The minimum atomic E-state index is 0.324. The van der Waals surface area contributed by atoms with Gasteiger partial charge < -0.3 is 9.47 Å². The zero-order valence-electron chi connectivity index (χ0n) is 10.7. The molecule has 2 nitrogen and oxygen atoms in total. The van der Waals surface area contributed by atoms with E-state index in [1.807, 2.05) is 12.1 Å². The van der Waals surface area contributed by atoms with Crippen LogP contribution in [0.3, 0.4) is 0 Å². The summed E-state index contributed by atoms with van der Waals surface area (Å²) >= 11 is 7.87. The molecule has 0 amide bonds. The van der Waals surface area contributed by atoms with E-state index in [1.165, 1.54) is 14.0 Å². The van der Waals surface area contributed by atoms with Crippen LogP contribution in [-0.4, -0.2) is 14.2 Å². The summed E-state index contributed by atoms with van der Waals surface area (Å²) in [4.78, 5) is 0.324. The Labute approximate surface area is 139 Å². The largest absolute Gasteiger partial charge is 0.493 e. The van der Waals surface area contributed by atoms with Crippen molar-refractivity contribution >= 4 is 49.9 Å². The van der Waals surface area contributed by atoms with Gasteiger partial charge in [0.1, 0.15) is 0 Å². The number of benzene rings is 1. The van der Waals surface area contributed by atoms with E-state index in [4.69, 9.17) is 9.47 Å². The third-order valence-electron chi connectivity index (χ3n) is 2.81. The second-order valence-corrected chi connectivity index (χ2v) is 7.96. The third kappa shape index (κ3) is 3.86. The van der Waals surface area contributed by atoms with Crippen molar-refractivity contribution in [2.24, 2.45) is 0 Å². The zero-order chi connectivity index (χ0) is 13.8. The van der Waals surface area contributed by atoms with Crippen molar-refractivity contribution in [3.63, 3.8) is 0 Å². The number of hydrogen-bond donors (Lipinski definition) is 0. The predicted molar refractivity (Wildman–Crippen MR) is 92.0 cm³/mol. The molecule has 2 rings (SSSR count). The highest BCUT2D eigenvalue weighted by molar-refractivity contribution is 14.1. The van der Waals surface area contributed by atoms with Gasteiger partial charge in [-0.15, -0.1) is 11.3 Å². The van der Waals surface area contributed by atoms with Crippen molar-refractivity contribution in [3.8, 4) is 11.5 Å². The fourth-order valence-corrected chi connectivity index (χ4v) is 4.06. The molecule has 0 aliphatic heterocycles. The number of methoxy groups -OCH3 is 2. The average Bonchev–Trinajstić information content (AvgIpc) is 2.85. The first kappa shape index (κ1) is 15.1. The summed E-state index contributed by atoms with van der Waals surface area (Å²) in [7, 11) is 3.31. The summed E-state index contributed by atoms with van der Waals surface area (Å²) in [6, 6.07) is 8.27. The zero-order valence-corrected chi connectivity index (χ0v) is 15.2. The minimum Gasteiger partial charge on any atom is -0.493 e.